The number of hydrogen-bond acceptors (Lipinski definition) is 8. The minimum absolute atomic E-state index is 0.00785. The molecule has 2 aliphatic heterocycles. The van der Waals surface area contributed by atoms with E-state index in [0.717, 1.165) is 46.8 Å². The van der Waals surface area contributed by atoms with Gasteiger partial charge < -0.3 is 23.7 Å². The monoisotopic (exact) mass is 685 g/mol. The Labute approximate surface area is 294 Å². The standard InChI is InChI=1S/C40H39N5O6/c1-3-26(11-13-49-27-6-8-30-31(15-27)38(47)43-37(30)46)50-22-40-16-25(17-40)36(40)39(48)45-20-28(21-45)51-35-9-5-24(18-42-35)23-4-7-29-32-19-41-12-10-33(32)44(2)34(29)14-23/h4-10,12,14-15,18-19,25-26,28,36H,3,11,13,16-17,20-22H2,1-2H3,(H,43,46,47). The van der Waals surface area contributed by atoms with Crippen LogP contribution < -0.4 is 14.8 Å². The number of carbonyl (C=O) groups is 3. The number of ether oxygens (including phenoxy) is 3. The molecule has 3 aliphatic carbocycles. The van der Waals surface area contributed by atoms with Crippen LogP contribution in [0.25, 0.3) is 32.9 Å². The van der Waals surface area contributed by atoms with Crippen molar-refractivity contribution in [3.63, 3.8) is 0 Å². The van der Waals surface area contributed by atoms with Crippen molar-refractivity contribution in [3.8, 4) is 22.8 Å². The summed E-state index contributed by atoms with van der Waals surface area (Å²) in [5.41, 5.74) is 5.05. The molecule has 5 heterocycles. The fourth-order valence-corrected chi connectivity index (χ4v) is 8.47. The quantitative estimate of drug-likeness (QED) is 0.170. The average molecular weight is 686 g/mol. The highest BCUT2D eigenvalue weighted by molar-refractivity contribution is 6.21. The molecule has 1 saturated heterocycles. The lowest BCUT2D eigenvalue weighted by Crippen LogP contribution is -2.71. The summed E-state index contributed by atoms with van der Waals surface area (Å²) in [5.74, 6) is 1.04. The van der Waals surface area contributed by atoms with Crippen LogP contribution in [0.5, 0.6) is 11.6 Å². The molecule has 2 unspecified atom stereocenters. The average Bonchev–Trinajstić information content (AvgIpc) is 3.55. The second kappa shape index (κ2) is 12.2. The van der Waals surface area contributed by atoms with Gasteiger partial charge in [0.15, 0.2) is 0 Å². The van der Waals surface area contributed by atoms with E-state index in [0.29, 0.717) is 61.4 Å². The van der Waals surface area contributed by atoms with Crippen molar-refractivity contribution in [2.75, 3.05) is 26.3 Å². The van der Waals surface area contributed by atoms with Crippen molar-refractivity contribution in [2.24, 2.45) is 24.3 Å². The molecule has 10 rings (SSSR count). The third-order valence-electron chi connectivity index (χ3n) is 11.5. The molecule has 2 bridgehead atoms. The van der Waals surface area contributed by atoms with E-state index in [1.54, 1.807) is 18.2 Å². The van der Waals surface area contributed by atoms with E-state index in [9.17, 15) is 14.4 Å². The summed E-state index contributed by atoms with van der Waals surface area (Å²) in [6.07, 6.45) is 9.13. The van der Waals surface area contributed by atoms with Crippen LogP contribution in [0.2, 0.25) is 0 Å². The molecular weight excluding hydrogens is 646 g/mol. The number of benzene rings is 2. The Morgan fingerprint density at radius 3 is 2.55 bits per heavy atom. The molecule has 3 aromatic heterocycles. The van der Waals surface area contributed by atoms with Crippen LogP contribution in [0.4, 0.5) is 0 Å². The molecular formula is C40H39N5O6. The molecule has 4 fully saturated rings. The van der Waals surface area contributed by atoms with E-state index in [1.165, 1.54) is 5.39 Å². The van der Waals surface area contributed by atoms with Crippen LogP contribution >= 0.6 is 0 Å². The number of hydrogen-bond donors (Lipinski definition) is 1. The summed E-state index contributed by atoms with van der Waals surface area (Å²) in [6.45, 7) is 4.24. The Bertz CT molecular complexity index is 2200. The lowest BCUT2D eigenvalue weighted by Gasteiger charge is -2.68. The minimum atomic E-state index is -0.396. The Hall–Kier alpha value is -5.29. The van der Waals surface area contributed by atoms with Gasteiger partial charge in [0.1, 0.15) is 11.9 Å². The first-order valence-electron chi connectivity index (χ1n) is 17.8. The van der Waals surface area contributed by atoms with Crippen LogP contribution in [0, 0.1) is 17.3 Å². The van der Waals surface area contributed by atoms with Gasteiger partial charge >= 0.3 is 0 Å². The highest BCUT2D eigenvalue weighted by Crippen LogP contribution is 2.69. The molecule has 2 atom stereocenters. The summed E-state index contributed by atoms with van der Waals surface area (Å²) < 4.78 is 20.6. The number of nitrogens with one attached hydrogen (secondary N) is 1. The molecule has 0 radical (unpaired) electrons. The zero-order valence-electron chi connectivity index (χ0n) is 28.6. The van der Waals surface area contributed by atoms with Crippen LogP contribution in [-0.4, -0.2) is 75.7 Å². The third-order valence-corrected chi connectivity index (χ3v) is 11.5. The Morgan fingerprint density at radius 2 is 1.78 bits per heavy atom. The van der Waals surface area contributed by atoms with Gasteiger partial charge in [0.2, 0.25) is 11.8 Å². The first kappa shape index (κ1) is 31.7. The summed E-state index contributed by atoms with van der Waals surface area (Å²) >= 11 is 0. The van der Waals surface area contributed by atoms with E-state index in [4.69, 9.17) is 14.2 Å². The van der Waals surface area contributed by atoms with Gasteiger partial charge in [-0.3, -0.25) is 24.7 Å². The smallest absolute Gasteiger partial charge is 0.259 e. The van der Waals surface area contributed by atoms with E-state index in [2.05, 4.69) is 52.0 Å². The fourth-order valence-electron chi connectivity index (χ4n) is 8.47. The first-order chi connectivity index (χ1) is 24.8. The number of likely N-dealkylation sites (tertiary alicyclic amines) is 1. The minimum Gasteiger partial charge on any atom is -0.493 e. The predicted molar refractivity (Wildman–Crippen MR) is 189 cm³/mol. The van der Waals surface area contributed by atoms with Crippen molar-refractivity contribution in [2.45, 2.75) is 44.8 Å². The summed E-state index contributed by atoms with van der Waals surface area (Å²) in [4.78, 5) is 48.1. The molecule has 1 N–H and O–H groups in total. The molecule has 11 heteroatoms. The van der Waals surface area contributed by atoms with Gasteiger partial charge in [0.25, 0.3) is 11.8 Å². The number of carbonyl (C=O) groups excluding carboxylic acids is 3. The number of nitrogens with zero attached hydrogens (tertiary/aromatic N) is 4. The van der Waals surface area contributed by atoms with Crippen molar-refractivity contribution in [3.05, 3.63) is 84.3 Å². The molecule has 5 aliphatic rings. The maximum atomic E-state index is 13.5. The molecule has 51 heavy (non-hydrogen) atoms. The van der Waals surface area contributed by atoms with Crippen LogP contribution in [0.3, 0.4) is 0 Å². The Morgan fingerprint density at radius 1 is 0.961 bits per heavy atom. The lowest BCUT2D eigenvalue weighted by molar-refractivity contribution is -0.235. The Balaban J connectivity index is 0.745. The van der Waals surface area contributed by atoms with Crippen LogP contribution in [-0.2, 0) is 16.6 Å². The van der Waals surface area contributed by atoms with E-state index in [1.807, 2.05) is 41.7 Å². The number of aromatic nitrogens is 3. The molecule has 5 aromatic rings. The van der Waals surface area contributed by atoms with Crippen LogP contribution in [0.15, 0.2) is 73.2 Å². The zero-order valence-corrected chi connectivity index (χ0v) is 28.6. The normalized spacial score (nSPS) is 22.6. The highest BCUT2D eigenvalue weighted by atomic mass is 16.5. The number of rotatable bonds is 12. The van der Waals surface area contributed by atoms with Gasteiger partial charge in [-0.1, -0.05) is 19.1 Å². The Kier molecular flexibility index (Phi) is 7.57. The van der Waals surface area contributed by atoms with Gasteiger partial charge in [-0.15, -0.1) is 0 Å². The summed E-state index contributed by atoms with van der Waals surface area (Å²) in [5, 5.41) is 4.62. The second-order valence-electron chi connectivity index (χ2n) is 14.5. The SMILES string of the molecule is CCC(CCOc1ccc2c(c1)C(=O)NC2=O)OCC12CC(C1)C2C(=O)N1CC(Oc2ccc(-c3ccc4c5cnccc5n(C)c4c3)cn2)C1. The second-order valence-corrected chi connectivity index (χ2v) is 14.5. The molecule has 2 aromatic carbocycles. The number of fused-ring (bicyclic) bond motifs is 4. The van der Waals surface area contributed by atoms with E-state index >= 15 is 0 Å². The predicted octanol–water partition coefficient (Wildman–Crippen LogP) is 5.55. The molecule has 0 spiro atoms. The topological polar surface area (TPSA) is 125 Å². The maximum absolute atomic E-state index is 13.5. The number of pyridine rings is 2. The van der Waals surface area contributed by atoms with Gasteiger partial charge in [-0.2, -0.15) is 0 Å². The van der Waals surface area contributed by atoms with Gasteiger partial charge in [-0.25, -0.2) is 4.98 Å². The van der Waals surface area contributed by atoms with E-state index in [-0.39, 0.29) is 35.4 Å². The number of imide groups is 1. The maximum Gasteiger partial charge on any atom is 0.259 e. The zero-order chi connectivity index (χ0) is 34.9. The summed E-state index contributed by atoms with van der Waals surface area (Å²) in [6, 6.07) is 17.4. The van der Waals surface area contributed by atoms with Gasteiger partial charge in [0.05, 0.1) is 49.1 Å². The molecule has 11 nitrogen and oxygen atoms in total. The summed E-state index contributed by atoms with van der Waals surface area (Å²) in [7, 11) is 2.08. The molecule has 260 valence electrons. The first-order valence-corrected chi connectivity index (χ1v) is 17.8. The lowest BCUT2D eigenvalue weighted by atomic mass is 9.37. The van der Waals surface area contributed by atoms with Crippen molar-refractivity contribution in [1.82, 2.24) is 24.8 Å². The van der Waals surface area contributed by atoms with Crippen molar-refractivity contribution >= 4 is 39.5 Å². The molecule has 3 saturated carbocycles. The van der Waals surface area contributed by atoms with Crippen LogP contribution in [0.1, 0.15) is 53.3 Å². The number of aryl methyl sites for hydroxylation is 1. The largest absolute Gasteiger partial charge is 0.493 e. The molecule has 3 amide bonds. The van der Waals surface area contributed by atoms with Gasteiger partial charge in [0, 0.05) is 71.3 Å². The number of amides is 3. The fraction of sp³-hybridized carbons (Fsp3) is 0.375. The van der Waals surface area contributed by atoms with E-state index < -0.39 is 5.91 Å². The van der Waals surface area contributed by atoms with Crippen molar-refractivity contribution in [1.29, 1.82) is 0 Å². The third kappa shape index (κ3) is 5.33. The van der Waals surface area contributed by atoms with Gasteiger partial charge in [-0.05, 0) is 67.1 Å². The van der Waals surface area contributed by atoms with Crippen molar-refractivity contribution < 1.29 is 28.6 Å². The highest BCUT2D eigenvalue weighted by Gasteiger charge is 2.69.